The zero-order valence-corrected chi connectivity index (χ0v) is 14.7. The third-order valence-electron chi connectivity index (χ3n) is 4.66. The molecule has 2 aliphatic rings. The van der Waals surface area contributed by atoms with Crippen molar-refractivity contribution in [1.82, 2.24) is 20.1 Å². The van der Waals surface area contributed by atoms with Crippen LogP contribution in [0.1, 0.15) is 13.3 Å². The monoisotopic (exact) mass is 354 g/mol. The lowest BCUT2D eigenvalue weighted by Gasteiger charge is -2.35. The van der Waals surface area contributed by atoms with Gasteiger partial charge in [-0.15, -0.1) is 5.10 Å². The van der Waals surface area contributed by atoms with Crippen molar-refractivity contribution < 1.29 is 13.2 Å². The third kappa shape index (κ3) is 3.58. The molecule has 2 saturated heterocycles. The Morgan fingerprint density at radius 1 is 1.29 bits per heavy atom. The molecule has 0 saturated carbocycles. The average Bonchev–Trinajstić information content (AvgIpc) is 2.94. The van der Waals surface area contributed by atoms with Crippen LogP contribution in [-0.2, 0) is 14.6 Å². The Morgan fingerprint density at radius 3 is 2.58 bits per heavy atom. The molecule has 1 unspecified atom stereocenters. The molecule has 0 aromatic carbocycles. The van der Waals surface area contributed by atoms with E-state index < -0.39 is 9.84 Å². The number of nitrogens with zero attached hydrogens (tertiary/aromatic N) is 6. The number of hydrogen-bond donors (Lipinski definition) is 0. The largest absolute Gasteiger partial charge is 0.352 e. The summed E-state index contributed by atoms with van der Waals surface area (Å²) in [5.74, 6) is 1.56. The molecule has 2 fully saturated rings. The van der Waals surface area contributed by atoms with Crippen molar-refractivity contribution in [1.29, 1.82) is 0 Å². The second-order valence-corrected chi connectivity index (χ2v) is 8.50. The summed E-state index contributed by atoms with van der Waals surface area (Å²) in [5.41, 5.74) is 0. The molecule has 1 atom stereocenters. The fraction of sp³-hybridized carbons (Fsp3) is 0.714. The molecule has 132 valence electrons. The fourth-order valence-corrected chi connectivity index (χ4v) is 4.86. The van der Waals surface area contributed by atoms with Gasteiger partial charge in [0.05, 0.1) is 17.7 Å². The Balaban J connectivity index is 1.70. The van der Waals surface area contributed by atoms with E-state index in [4.69, 9.17) is 0 Å². The van der Waals surface area contributed by atoms with Crippen LogP contribution in [0, 0.1) is 0 Å². The Bertz CT molecular complexity index is 717. The van der Waals surface area contributed by atoms with E-state index in [1.807, 2.05) is 4.90 Å². The minimum Gasteiger partial charge on any atom is -0.352 e. The lowest BCUT2D eigenvalue weighted by atomic mass is 10.2. The summed E-state index contributed by atoms with van der Waals surface area (Å²) in [6, 6.07) is -0.110. The molecule has 0 aliphatic carbocycles. The molecular weight excluding hydrogens is 332 g/mol. The molecule has 10 heteroatoms. The number of piperazine rings is 1. The number of anilines is 2. The van der Waals surface area contributed by atoms with Crippen molar-refractivity contribution in [2.45, 2.75) is 19.4 Å². The molecule has 0 spiro atoms. The number of carbonyl (C=O) groups excluding carboxylic acids is 1. The van der Waals surface area contributed by atoms with E-state index in [0.717, 1.165) is 0 Å². The Hall–Kier alpha value is -1.97. The maximum atomic E-state index is 11.7. The topological polar surface area (TPSA) is 99.6 Å². The van der Waals surface area contributed by atoms with Gasteiger partial charge in [0.2, 0.25) is 11.9 Å². The van der Waals surface area contributed by atoms with E-state index in [-0.39, 0.29) is 23.5 Å². The molecule has 1 aromatic rings. The van der Waals surface area contributed by atoms with E-state index in [1.54, 1.807) is 25.1 Å². The lowest BCUT2D eigenvalue weighted by molar-refractivity contribution is -0.129. The van der Waals surface area contributed by atoms with Crippen LogP contribution in [0.15, 0.2) is 6.20 Å². The van der Waals surface area contributed by atoms with E-state index >= 15 is 0 Å². The molecule has 9 nitrogen and oxygen atoms in total. The molecular formula is C14H22N6O3S. The number of hydrogen-bond acceptors (Lipinski definition) is 8. The maximum Gasteiger partial charge on any atom is 0.247 e. The standard InChI is InChI=1S/C14H22N6O3S/c1-11(21)19-4-6-20(7-5-19)13-9-15-17-14(16-13)18(2)12-3-8-24(22,23)10-12/h9,12H,3-8,10H2,1-2H3. The normalized spacial score (nSPS) is 23.3. The van der Waals surface area contributed by atoms with E-state index in [9.17, 15) is 13.2 Å². The molecule has 3 heterocycles. The summed E-state index contributed by atoms with van der Waals surface area (Å²) >= 11 is 0. The Kier molecular flexibility index (Phi) is 4.57. The van der Waals surface area contributed by atoms with Gasteiger partial charge in [-0.05, 0) is 6.42 Å². The zero-order valence-electron chi connectivity index (χ0n) is 13.9. The summed E-state index contributed by atoms with van der Waals surface area (Å²) in [4.78, 5) is 21.6. The first kappa shape index (κ1) is 16.9. The molecule has 24 heavy (non-hydrogen) atoms. The molecule has 2 aliphatic heterocycles. The summed E-state index contributed by atoms with van der Waals surface area (Å²) in [5, 5.41) is 8.07. The van der Waals surface area contributed by atoms with Gasteiger partial charge in [0, 0.05) is 46.2 Å². The first-order valence-corrected chi connectivity index (χ1v) is 9.81. The molecule has 0 bridgehead atoms. The number of aromatic nitrogens is 3. The number of amides is 1. The van der Waals surface area contributed by atoms with Gasteiger partial charge < -0.3 is 14.7 Å². The van der Waals surface area contributed by atoms with Crippen LogP contribution in [0.25, 0.3) is 0 Å². The van der Waals surface area contributed by atoms with E-state index in [1.165, 1.54) is 0 Å². The van der Waals surface area contributed by atoms with Crippen LogP contribution in [0.2, 0.25) is 0 Å². The highest BCUT2D eigenvalue weighted by molar-refractivity contribution is 7.91. The lowest BCUT2D eigenvalue weighted by Crippen LogP contribution is -2.48. The molecule has 1 aromatic heterocycles. The van der Waals surface area contributed by atoms with Gasteiger partial charge >= 0.3 is 0 Å². The van der Waals surface area contributed by atoms with E-state index in [0.29, 0.717) is 44.4 Å². The van der Waals surface area contributed by atoms with Crippen molar-refractivity contribution in [2.75, 3.05) is 54.5 Å². The summed E-state index contributed by atoms with van der Waals surface area (Å²) in [7, 11) is -1.15. The van der Waals surface area contributed by atoms with Gasteiger partial charge in [0.1, 0.15) is 0 Å². The van der Waals surface area contributed by atoms with Crippen LogP contribution in [0.4, 0.5) is 11.8 Å². The molecule has 3 rings (SSSR count). The van der Waals surface area contributed by atoms with Gasteiger partial charge in [0.25, 0.3) is 0 Å². The highest BCUT2D eigenvalue weighted by Gasteiger charge is 2.32. The predicted octanol–water partition coefficient (Wildman–Crippen LogP) is -0.837. The third-order valence-corrected chi connectivity index (χ3v) is 6.41. The smallest absolute Gasteiger partial charge is 0.247 e. The van der Waals surface area contributed by atoms with Crippen LogP contribution < -0.4 is 9.80 Å². The molecule has 0 radical (unpaired) electrons. The van der Waals surface area contributed by atoms with Gasteiger partial charge in [-0.25, -0.2) is 8.42 Å². The first-order chi connectivity index (χ1) is 11.4. The number of sulfone groups is 1. The van der Waals surface area contributed by atoms with Crippen LogP contribution in [0.5, 0.6) is 0 Å². The van der Waals surface area contributed by atoms with Crippen LogP contribution in [-0.4, -0.2) is 85.2 Å². The predicted molar refractivity (Wildman–Crippen MR) is 89.8 cm³/mol. The first-order valence-electron chi connectivity index (χ1n) is 7.99. The molecule has 0 N–H and O–H groups in total. The second kappa shape index (κ2) is 6.50. The van der Waals surface area contributed by atoms with Gasteiger partial charge in [-0.2, -0.15) is 10.1 Å². The van der Waals surface area contributed by atoms with E-state index in [2.05, 4.69) is 20.1 Å². The maximum absolute atomic E-state index is 11.7. The minimum absolute atomic E-state index is 0.0818. The van der Waals surface area contributed by atoms with Gasteiger partial charge in [-0.3, -0.25) is 4.79 Å². The second-order valence-electron chi connectivity index (χ2n) is 6.28. The van der Waals surface area contributed by atoms with Gasteiger partial charge in [0.15, 0.2) is 15.7 Å². The van der Waals surface area contributed by atoms with Crippen LogP contribution in [0.3, 0.4) is 0 Å². The minimum atomic E-state index is -2.96. The zero-order chi connectivity index (χ0) is 17.3. The average molecular weight is 354 g/mol. The SMILES string of the molecule is CC(=O)N1CCN(c2cnnc(N(C)C3CCS(=O)(=O)C3)n2)CC1. The summed E-state index contributed by atoms with van der Waals surface area (Å²) < 4.78 is 23.3. The van der Waals surface area contributed by atoms with Crippen molar-refractivity contribution in [3.05, 3.63) is 6.20 Å². The number of carbonyl (C=O) groups is 1. The highest BCUT2D eigenvalue weighted by atomic mass is 32.2. The number of rotatable bonds is 3. The van der Waals surface area contributed by atoms with Crippen molar-refractivity contribution in [3.63, 3.8) is 0 Å². The summed E-state index contributed by atoms with van der Waals surface area (Å²) in [6.07, 6.45) is 2.19. The Morgan fingerprint density at radius 2 is 2.00 bits per heavy atom. The molecule has 1 amide bonds. The Labute approximate surface area is 141 Å². The highest BCUT2D eigenvalue weighted by Crippen LogP contribution is 2.21. The van der Waals surface area contributed by atoms with Crippen LogP contribution >= 0.6 is 0 Å². The summed E-state index contributed by atoms with van der Waals surface area (Å²) in [6.45, 7) is 4.28. The quantitative estimate of drug-likeness (QED) is 0.693. The fourth-order valence-electron chi connectivity index (χ4n) is 3.08. The van der Waals surface area contributed by atoms with Gasteiger partial charge in [-0.1, -0.05) is 0 Å². The van der Waals surface area contributed by atoms with Crippen molar-refractivity contribution in [2.24, 2.45) is 0 Å². The van der Waals surface area contributed by atoms with Crippen molar-refractivity contribution >= 4 is 27.5 Å². The van der Waals surface area contributed by atoms with Crippen molar-refractivity contribution in [3.8, 4) is 0 Å².